The molecule has 0 saturated carbocycles. The van der Waals surface area contributed by atoms with Gasteiger partial charge in [-0.25, -0.2) is 0 Å². The Morgan fingerprint density at radius 2 is 1.82 bits per heavy atom. The van der Waals surface area contributed by atoms with Crippen molar-refractivity contribution >= 4 is 24.1 Å². The van der Waals surface area contributed by atoms with Gasteiger partial charge in [-0.3, -0.25) is 9.59 Å². The van der Waals surface area contributed by atoms with Crippen LogP contribution in [0.5, 0.6) is 0 Å². The van der Waals surface area contributed by atoms with Crippen LogP contribution in [0.2, 0.25) is 0 Å². The number of nitrogens with two attached hydrogens (primary N) is 1. The van der Waals surface area contributed by atoms with E-state index in [2.05, 4.69) is 0 Å². The first-order valence-electron chi connectivity index (χ1n) is 7.61. The van der Waals surface area contributed by atoms with Crippen LogP contribution < -0.4 is 5.73 Å². The van der Waals surface area contributed by atoms with Gasteiger partial charge in [-0.1, -0.05) is 17.7 Å². The van der Waals surface area contributed by atoms with E-state index >= 15 is 0 Å². The lowest BCUT2D eigenvalue weighted by Gasteiger charge is -2.30. The van der Waals surface area contributed by atoms with Crippen LogP contribution in [0, 0.1) is 13.8 Å². The molecule has 0 unspecified atom stereocenters. The van der Waals surface area contributed by atoms with Crippen LogP contribution in [0.4, 0.5) is 0 Å². The quantitative estimate of drug-likeness (QED) is 0.866. The van der Waals surface area contributed by atoms with E-state index < -0.39 is 0 Å². The summed E-state index contributed by atoms with van der Waals surface area (Å²) < 4.78 is 0. The Balaban J connectivity index is 0.00000242. The third-order valence-electron chi connectivity index (χ3n) is 4.15. The summed E-state index contributed by atoms with van der Waals surface area (Å²) in [5, 5.41) is 0. The third-order valence-corrected chi connectivity index (χ3v) is 4.15. The predicted molar refractivity (Wildman–Crippen MR) is 90.5 cm³/mol. The molecule has 0 spiro atoms. The van der Waals surface area contributed by atoms with Crippen LogP contribution in [0.15, 0.2) is 18.2 Å². The minimum absolute atomic E-state index is 0. The molecule has 1 heterocycles. The second-order valence-electron chi connectivity index (χ2n) is 5.96. The van der Waals surface area contributed by atoms with E-state index in [4.69, 9.17) is 5.73 Å². The number of piperidine rings is 1. The van der Waals surface area contributed by atoms with Crippen molar-refractivity contribution in [2.24, 2.45) is 5.73 Å². The fraction of sp³-hybridized carbons (Fsp3) is 0.529. The van der Waals surface area contributed by atoms with Gasteiger partial charge in [0.1, 0.15) is 0 Å². The van der Waals surface area contributed by atoms with Gasteiger partial charge in [0.2, 0.25) is 5.91 Å². The minimum atomic E-state index is 0. The molecule has 5 heteroatoms. The number of hydrogen-bond donors (Lipinski definition) is 1. The SMILES string of the molecule is Cc1ccc(C)c(C(=O)CCC(=O)N2CCC(N)CC2)c1.Cl. The highest BCUT2D eigenvalue weighted by Gasteiger charge is 2.21. The number of benzene rings is 1. The van der Waals surface area contributed by atoms with Gasteiger partial charge >= 0.3 is 0 Å². The zero-order chi connectivity index (χ0) is 15.4. The molecule has 1 saturated heterocycles. The van der Waals surface area contributed by atoms with Crippen LogP contribution >= 0.6 is 12.4 Å². The molecule has 2 N–H and O–H groups in total. The van der Waals surface area contributed by atoms with Crippen LogP contribution in [-0.2, 0) is 4.79 Å². The summed E-state index contributed by atoms with van der Waals surface area (Å²) in [6.45, 7) is 5.34. The first kappa shape index (κ1) is 18.7. The van der Waals surface area contributed by atoms with Gasteiger partial charge < -0.3 is 10.6 Å². The molecule has 1 fully saturated rings. The summed E-state index contributed by atoms with van der Waals surface area (Å²) in [6, 6.07) is 6.07. The van der Waals surface area contributed by atoms with Crippen LogP contribution in [-0.4, -0.2) is 35.7 Å². The Bertz CT molecular complexity index is 537. The van der Waals surface area contributed by atoms with Gasteiger partial charge in [0, 0.05) is 37.5 Å². The summed E-state index contributed by atoms with van der Waals surface area (Å²) in [6.07, 6.45) is 2.29. The van der Waals surface area contributed by atoms with E-state index in [9.17, 15) is 9.59 Å². The average Bonchev–Trinajstić information content (AvgIpc) is 2.47. The minimum Gasteiger partial charge on any atom is -0.343 e. The third kappa shape index (κ3) is 4.82. The maximum Gasteiger partial charge on any atom is 0.223 e. The summed E-state index contributed by atoms with van der Waals surface area (Å²) in [4.78, 5) is 26.2. The Morgan fingerprint density at radius 1 is 1.18 bits per heavy atom. The highest BCUT2D eigenvalue weighted by Crippen LogP contribution is 2.15. The smallest absolute Gasteiger partial charge is 0.223 e. The molecule has 2 rings (SSSR count). The molecular formula is C17H25ClN2O2. The number of Topliss-reactive ketones (excluding diaryl/α,β-unsaturated/α-hetero) is 1. The lowest BCUT2D eigenvalue weighted by atomic mass is 9.99. The summed E-state index contributed by atoms with van der Waals surface area (Å²) in [5.74, 6) is 0.124. The van der Waals surface area contributed by atoms with Gasteiger partial charge in [0.05, 0.1) is 0 Å². The zero-order valence-electron chi connectivity index (χ0n) is 13.3. The number of carbonyl (C=O) groups excluding carboxylic acids is 2. The maximum absolute atomic E-state index is 12.3. The maximum atomic E-state index is 12.3. The number of amides is 1. The molecule has 22 heavy (non-hydrogen) atoms. The summed E-state index contributed by atoms with van der Waals surface area (Å²) in [5.41, 5.74) is 8.62. The lowest BCUT2D eigenvalue weighted by molar-refractivity contribution is -0.132. The molecule has 1 aliphatic heterocycles. The molecule has 0 aromatic heterocycles. The largest absolute Gasteiger partial charge is 0.343 e. The molecule has 4 nitrogen and oxygen atoms in total. The Morgan fingerprint density at radius 3 is 2.45 bits per heavy atom. The van der Waals surface area contributed by atoms with Crippen molar-refractivity contribution < 1.29 is 9.59 Å². The normalized spacial score (nSPS) is 15.3. The number of nitrogens with zero attached hydrogens (tertiary/aromatic N) is 1. The molecule has 0 atom stereocenters. The molecule has 0 bridgehead atoms. The van der Waals surface area contributed by atoms with Crippen molar-refractivity contribution in [3.8, 4) is 0 Å². The Kier molecular flexibility index (Phi) is 7.04. The summed E-state index contributed by atoms with van der Waals surface area (Å²) >= 11 is 0. The van der Waals surface area contributed by atoms with Crippen LogP contribution in [0.3, 0.4) is 0 Å². The predicted octanol–water partition coefficient (Wildman–Crippen LogP) is 2.64. The molecule has 1 aromatic rings. The lowest BCUT2D eigenvalue weighted by Crippen LogP contribution is -2.42. The van der Waals surface area contributed by atoms with E-state index in [-0.39, 0.29) is 36.6 Å². The van der Waals surface area contributed by atoms with Crippen molar-refractivity contribution in [3.05, 3.63) is 34.9 Å². The number of hydrogen-bond acceptors (Lipinski definition) is 3. The zero-order valence-corrected chi connectivity index (χ0v) is 14.1. The monoisotopic (exact) mass is 324 g/mol. The molecule has 0 aliphatic carbocycles. The highest BCUT2D eigenvalue weighted by atomic mass is 35.5. The molecule has 0 radical (unpaired) electrons. The number of rotatable bonds is 4. The molecule has 1 aliphatic rings. The summed E-state index contributed by atoms with van der Waals surface area (Å²) in [7, 11) is 0. The van der Waals surface area contributed by atoms with Gasteiger partial charge in [-0.2, -0.15) is 0 Å². The van der Waals surface area contributed by atoms with Crippen molar-refractivity contribution in [2.75, 3.05) is 13.1 Å². The van der Waals surface area contributed by atoms with Gasteiger partial charge in [0.15, 0.2) is 5.78 Å². The standard InChI is InChI=1S/C17H24N2O2.ClH/c1-12-3-4-13(2)15(11-12)16(20)5-6-17(21)19-9-7-14(18)8-10-19;/h3-4,11,14H,5-10,18H2,1-2H3;1H. The molecule has 1 aromatic carbocycles. The van der Waals surface area contributed by atoms with Crippen molar-refractivity contribution in [1.82, 2.24) is 4.90 Å². The first-order valence-corrected chi connectivity index (χ1v) is 7.61. The van der Waals surface area contributed by atoms with Gasteiger partial charge in [0.25, 0.3) is 0 Å². The Labute approximate surface area is 138 Å². The van der Waals surface area contributed by atoms with Crippen LogP contribution in [0.25, 0.3) is 0 Å². The molecular weight excluding hydrogens is 300 g/mol. The van der Waals surface area contributed by atoms with E-state index in [1.165, 1.54) is 0 Å². The van der Waals surface area contributed by atoms with Crippen molar-refractivity contribution in [1.29, 1.82) is 0 Å². The number of halogens is 1. The van der Waals surface area contributed by atoms with Gasteiger partial charge in [-0.15, -0.1) is 12.4 Å². The van der Waals surface area contributed by atoms with Crippen LogP contribution in [0.1, 0.15) is 47.2 Å². The van der Waals surface area contributed by atoms with E-state index in [0.29, 0.717) is 6.42 Å². The number of aryl methyl sites for hydroxylation is 2. The fourth-order valence-corrected chi connectivity index (χ4v) is 2.70. The molecule has 1 amide bonds. The van der Waals surface area contributed by atoms with Gasteiger partial charge in [-0.05, 0) is 38.3 Å². The number of carbonyl (C=O) groups is 2. The van der Waals surface area contributed by atoms with Crippen molar-refractivity contribution in [3.63, 3.8) is 0 Å². The number of ketones is 1. The fourth-order valence-electron chi connectivity index (χ4n) is 2.70. The molecule has 122 valence electrons. The average molecular weight is 325 g/mol. The topological polar surface area (TPSA) is 63.4 Å². The van der Waals surface area contributed by atoms with E-state index in [0.717, 1.165) is 42.6 Å². The van der Waals surface area contributed by atoms with E-state index in [1.54, 1.807) is 0 Å². The highest BCUT2D eigenvalue weighted by molar-refractivity contribution is 5.99. The van der Waals surface area contributed by atoms with E-state index in [1.807, 2.05) is 36.9 Å². The second kappa shape index (κ2) is 8.30. The second-order valence-corrected chi connectivity index (χ2v) is 5.96. The Hall–Kier alpha value is -1.39. The first-order chi connectivity index (χ1) is 9.97. The number of likely N-dealkylation sites (tertiary alicyclic amines) is 1. The van der Waals surface area contributed by atoms with Crippen molar-refractivity contribution in [2.45, 2.75) is 45.6 Å².